The molecule has 4 heteroatoms. The van der Waals surface area contributed by atoms with E-state index in [4.69, 9.17) is 17.4 Å². The van der Waals surface area contributed by atoms with Crippen molar-refractivity contribution in [2.45, 2.75) is 19.4 Å². The lowest BCUT2D eigenvalue weighted by Crippen LogP contribution is -2.30. The molecule has 1 atom stereocenters. The maximum atomic E-state index is 6.16. The van der Waals surface area contributed by atoms with Crippen LogP contribution in [0.1, 0.15) is 23.0 Å². The zero-order valence-corrected chi connectivity index (χ0v) is 11.0. The van der Waals surface area contributed by atoms with Crippen molar-refractivity contribution in [1.82, 2.24) is 10.4 Å². The Bertz CT molecular complexity index is 528. The summed E-state index contributed by atoms with van der Waals surface area (Å²) < 4.78 is 0. The standard InChI is InChI=1S/C14H16ClN3/c1-10-5-4-8-13(17-10)14(18-16)9-11-6-2-3-7-12(11)15/h2-8,14,18H,9,16H2,1H3. The predicted molar refractivity (Wildman–Crippen MR) is 74.2 cm³/mol. The second-order valence-corrected chi connectivity index (χ2v) is 4.63. The van der Waals surface area contributed by atoms with E-state index in [1.54, 1.807) is 0 Å². The van der Waals surface area contributed by atoms with E-state index in [9.17, 15) is 0 Å². The molecule has 0 radical (unpaired) electrons. The van der Waals surface area contributed by atoms with E-state index in [1.807, 2.05) is 49.4 Å². The van der Waals surface area contributed by atoms with Gasteiger partial charge in [-0.2, -0.15) is 0 Å². The van der Waals surface area contributed by atoms with Gasteiger partial charge in [0.2, 0.25) is 0 Å². The van der Waals surface area contributed by atoms with Gasteiger partial charge in [-0.25, -0.2) is 0 Å². The fourth-order valence-corrected chi connectivity index (χ4v) is 2.10. The summed E-state index contributed by atoms with van der Waals surface area (Å²) in [4.78, 5) is 4.48. The summed E-state index contributed by atoms with van der Waals surface area (Å²) in [5.74, 6) is 5.62. The molecule has 2 rings (SSSR count). The number of nitrogens with two attached hydrogens (primary N) is 1. The first-order valence-electron chi connectivity index (χ1n) is 5.84. The Morgan fingerprint density at radius 2 is 2.00 bits per heavy atom. The van der Waals surface area contributed by atoms with Crippen LogP contribution >= 0.6 is 11.6 Å². The van der Waals surface area contributed by atoms with Crippen LogP contribution in [0.25, 0.3) is 0 Å². The van der Waals surface area contributed by atoms with E-state index in [2.05, 4.69) is 10.4 Å². The number of halogens is 1. The van der Waals surface area contributed by atoms with Crippen molar-refractivity contribution in [3.63, 3.8) is 0 Å². The fourth-order valence-electron chi connectivity index (χ4n) is 1.89. The number of benzene rings is 1. The molecule has 94 valence electrons. The first-order valence-corrected chi connectivity index (χ1v) is 6.21. The summed E-state index contributed by atoms with van der Waals surface area (Å²) in [7, 11) is 0. The van der Waals surface area contributed by atoms with E-state index in [0.29, 0.717) is 6.42 Å². The van der Waals surface area contributed by atoms with E-state index >= 15 is 0 Å². The lowest BCUT2D eigenvalue weighted by molar-refractivity contribution is 0.537. The van der Waals surface area contributed by atoms with E-state index in [1.165, 1.54) is 0 Å². The molecule has 0 aliphatic heterocycles. The van der Waals surface area contributed by atoms with Crippen molar-refractivity contribution in [2.75, 3.05) is 0 Å². The molecule has 0 saturated heterocycles. The molecule has 0 spiro atoms. The minimum Gasteiger partial charge on any atom is -0.271 e. The Hall–Kier alpha value is -1.42. The Balaban J connectivity index is 2.23. The van der Waals surface area contributed by atoms with Crippen LogP contribution in [0.15, 0.2) is 42.5 Å². The minimum atomic E-state index is -0.0372. The van der Waals surface area contributed by atoms with Crippen LogP contribution in [-0.4, -0.2) is 4.98 Å². The third kappa shape index (κ3) is 3.07. The number of nitrogens with one attached hydrogen (secondary N) is 1. The molecular weight excluding hydrogens is 246 g/mol. The summed E-state index contributed by atoms with van der Waals surface area (Å²) >= 11 is 6.16. The molecule has 3 N–H and O–H groups in total. The van der Waals surface area contributed by atoms with E-state index in [-0.39, 0.29) is 6.04 Å². The molecule has 0 bridgehead atoms. The summed E-state index contributed by atoms with van der Waals surface area (Å²) in [5, 5.41) is 0.755. The largest absolute Gasteiger partial charge is 0.271 e. The van der Waals surface area contributed by atoms with Gasteiger partial charge in [0.1, 0.15) is 0 Å². The zero-order valence-electron chi connectivity index (χ0n) is 10.2. The molecule has 2 aromatic rings. The van der Waals surface area contributed by atoms with Crippen LogP contribution in [0.5, 0.6) is 0 Å². The number of hydrazine groups is 1. The molecule has 0 aliphatic rings. The van der Waals surface area contributed by atoms with Crippen molar-refractivity contribution >= 4 is 11.6 Å². The SMILES string of the molecule is Cc1cccc(C(Cc2ccccc2Cl)NN)n1. The monoisotopic (exact) mass is 261 g/mol. The summed E-state index contributed by atoms with van der Waals surface area (Å²) in [6.07, 6.45) is 0.715. The van der Waals surface area contributed by atoms with Gasteiger partial charge < -0.3 is 0 Å². The topological polar surface area (TPSA) is 50.9 Å². The molecule has 1 heterocycles. The average Bonchev–Trinajstić information content (AvgIpc) is 2.38. The summed E-state index contributed by atoms with van der Waals surface area (Å²) in [6, 6.07) is 13.6. The highest BCUT2D eigenvalue weighted by Crippen LogP contribution is 2.22. The molecule has 0 fully saturated rings. The van der Waals surface area contributed by atoms with Crippen molar-refractivity contribution in [1.29, 1.82) is 0 Å². The Labute approximate surface area is 112 Å². The molecule has 1 aromatic carbocycles. The predicted octanol–water partition coefficient (Wildman–Crippen LogP) is 2.79. The molecule has 18 heavy (non-hydrogen) atoms. The Morgan fingerprint density at radius 1 is 1.22 bits per heavy atom. The summed E-state index contributed by atoms with van der Waals surface area (Å²) in [5.41, 5.74) is 5.77. The van der Waals surface area contributed by atoms with E-state index < -0.39 is 0 Å². The molecule has 1 aromatic heterocycles. The second kappa shape index (κ2) is 5.96. The molecule has 1 unspecified atom stereocenters. The maximum absolute atomic E-state index is 6.16. The average molecular weight is 262 g/mol. The molecule has 0 aliphatic carbocycles. The second-order valence-electron chi connectivity index (χ2n) is 4.22. The van der Waals surface area contributed by atoms with Gasteiger partial charge in [-0.15, -0.1) is 0 Å². The minimum absolute atomic E-state index is 0.0372. The van der Waals surface area contributed by atoms with Gasteiger partial charge >= 0.3 is 0 Å². The number of hydrogen-bond acceptors (Lipinski definition) is 3. The first-order chi connectivity index (χ1) is 8.70. The lowest BCUT2D eigenvalue weighted by Gasteiger charge is -2.16. The van der Waals surface area contributed by atoms with Crippen LogP contribution in [-0.2, 0) is 6.42 Å². The summed E-state index contributed by atoms with van der Waals surface area (Å²) in [6.45, 7) is 1.96. The number of aromatic nitrogens is 1. The smallest absolute Gasteiger partial charge is 0.0673 e. The lowest BCUT2D eigenvalue weighted by atomic mass is 10.0. The number of rotatable bonds is 4. The Kier molecular flexibility index (Phi) is 4.31. The fraction of sp³-hybridized carbons (Fsp3) is 0.214. The zero-order chi connectivity index (χ0) is 13.0. The third-order valence-electron chi connectivity index (χ3n) is 2.85. The van der Waals surface area contributed by atoms with Crippen LogP contribution < -0.4 is 11.3 Å². The molecular formula is C14H16ClN3. The van der Waals surface area contributed by atoms with Gasteiger partial charge in [-0.05, 0) is 37.1 Å². The number of hydrogen-bond donors (Lipinski definition) is 2. The number of nitrogens with zero attached hydrogens (tertiary/aromatic N) is 1. The van der Waals surface area contributed by atoms with Gasteiger partial charge in [0.05, 0.1) is 11.7 Å². The number of pyridine rings is 1. The van der Waals surface area contributed by atoms with Crippen molar-refractivity contribution in [3.05, 3.63) is 64.4 Å². The van der Waals surface area contributed by atoms with Crippen molar-refractivity contribution in [2.24, 2.45) is 5.84 Å². The van der Waals surface area contributed by atoms with Gasteiger partial charge in [-0.1, -0.05) is 35.9 Å². The number of aryl methyl sites for hydroxylation is 1. The van der Waals surface area contributed by atoms with Crippen molar-refractivity contribution < 1.29 is 0 Å². The molecule has 0 saturated carbocycles. The highest BCUT2D eigenvalue weighted by molar-refractivity contribution is 6.31. The van der Waals surface area contributed by atoms with Crippen LogP contribution in [0, 0.1) is 6.92 Å². The molecule has 3 nitrogen and oxygen atoms in total. The Morgan fingerprint density at radius 3 is 2.67 bits per heavy atom. The highest BCUT2D eigenvalue weighted by atomic mass is 35.5. The highest BCUT2D eigenvalue weighted by Gasteiger charge is 2.13. The van der Waals surface area contributed by atoms with Crippen LogP contribution in [0.4, 0.5) is 0 Å². The third-order valence-corrected chi connectivity index (χ3v) is 3.22. The van der Waals surface area contributed by atoms with Crippen LogP contribution in [0.3, 0.4) is 0 Å². The van der Waals surface area contributed by atoms with Gasteiger partial charge in [-0.3, -0.25) is 16.3 Å². The van der Waals surface area contributed by atoms with Gasteiger partial charge in [0.25, 0.3) is 0 Å². The normalized spacial score (nSPS) is 12.4. The first kappa shape index (κ1) is 13.0. The quantitative estimate of drug-likeness (QED) is 0.657. The van der Waals surface area contributed by atoms with Gasteiger partial charge in [0.15, 0.2) is 0 Å². The molecule has 0 amide bonds. The van der Waals surface area contributed by atoms with Crippen molar-refractivity contribution in [3.8, 4) is 0 Å². The van der Waals surface area contributed by atoms with Gasteiger partial charge in [0, 0.05) is 10.7 Å². The maximum Gasteiger partial charge on any atom is 0.0673 e. The van der Waals surface area contributed by atoms with Crippen LogP contribution in [0.2, 0.25) is 5.02 Å². The van der Waals surface area contributed by atoms with E-state index in [0.717, 1.165) is 22.0 Å².